The van der Waals surface area contributed by atoms with Crippen LogP contribution in [0.3, 0.4) is 0 Å². The molecule has 14 nitrogen and oxygen atoms in total. The molecule has 0 aliphatic heterocycles. The SMILES string of the molecule is CSCCC(N)C(=O)NC(CCCN=C(N)N)C(=O)NC(Cc1cnc[nH]1)C(=O)NC(C(=O)O)C(C)C. The third-order valence-corrected chi connectivity index (χ3v) is 6.03. The highest BCUT2D eigenvalue weighted by molar-refractivity contribution is 7.98. The van der Waals surface area contributed by atoms with Gasteiger partial charge in [-0.15, -0.1) is 0 Å². The van der Waals surface area contributed by atoms with Crippen molar-refractivity contribution in [2.24, 2.45) is 28.1 Å². The number of aromatic amines is 1. The van der Waals surface area contributed by atoms with Gasteiger partial charge in [0.2, 0.25) is 17.7 Å². The van der Waals surface area contributed by atoms with Gasteiger partial charge in [-0.2, -0.15) is 11.8 Å². The highest BCUT2D eigenvalue weighted by Gasteiger charge is 2.31. The average Bonchev–Trinajstić information content (AvgIpc) is 3.34. The predicted molar refractivity (Wildman–Crippen MR) is 141 cm³/mol. The number of H-pyrrole nitrogens is 1. The molecular formula is C22H39N9O5S. The third-order valence-electron chi connectivity index (χ3n) is 5.39. The van der Waals surface area contributed by atoms with E-state index in [4.69, 9.17) is 17.2 Å². The standard InChI is InChI=1S/C22H39N9O5S/c1-12(2)17(21(35)36)31-20(34)16(9-13-10-26-11-28-13)30-19(33)15(5-4-7-27-22(24)25)29-18(32)14(23)6-8-37-3/h10-12,14-17H,4-9,23H2,1-3H3,(H,26,28)(H,29,32)(H,30,33)(H,31,34)(H,35,36)(H4,24,25,27). The molecule has 1 aromatic heterocycles. The van der Waals surface area contributed by atoms with Crippen molar-refractivity contribution < 1.29 is 24.3 Å². The number of carbonyl (C=O) groups is 4. The van der Waals surface area contributed by atoms with E-state index in [0.717, 1.165) is 0 Å². The number of thioether (sulfide) groups is 1. The molecule has 15 heteroatoms. The van der Waals surface area contributed by atoms with E-state index in [9.17, 15) is 24.3 Å². The second kappa shape index (κ2) is 16.4. The molecule has 0 radical (unpaired) electrons. The van der Waals surface area contributed by atoms with E-state index in [1.807, 2.05) is 6.26 Å². The van der Waals surface area contributed by atoms with Crippen LogP contribution in [-0.2, 0) is 25.6 Å². The van der Waals surface area contributed by atoms with Gasteiger partial charge in [0.15, 0.2) is 5.96 Å². The van der Waals surface area contributed by atoms with Gasteiger partial charge in [0, 0.05) is 24.9 Å². The molecule has 1 aromatic rings. The summed E-state index contributed by atoms with van der Waals surface area (Å²) in [4.78, 5) is 61.2. The van der Waals surface area contributed by atoms with E-state index in [1.54, 1.807) is 25.6 Å². The van der Waals surface area contributed by atoms with Crippen LogP contribution in [0, 0.1) is 5.92 Å². The molecular weight excluding hydrogens is 502 g/mol. The van der Waals surface area contributed by atoms with Crippen molar-refractivity contribution in [2.75, 3.05) is 18.6 Å². The van der Waals surface area contributed by atoms with E-state index in [-0.39, 0.29) is 25.3 Å². The number of rotatable bonds is 17. The first-order chi connectivity index (χ1) is 17.5. The highest BCUT2D eigenvalue weighted by Crippen LogP contribution is 2.07. The molecule has 0 aliphatic rings. The lowest BCUT2D eigenvalue weighted by molar-refractivity contribution is -0.143. The van der Waals surface area contributed by atoms with E-state index in [0.29, 0.717) is 24.3 Å². The van der Waals surface area contributed by atoms with Crippen molar-refractivity contribution >= 4 is 41.4 Å². The van der Waals surface area contributed by atoms with Crippen molar-refractivity contribution in [2.45, 2.75) is 63.7 Å². The number of hydrogen-bond donors (Lipinski definition) is 8. The van der Waals surface area contributed by atoms with E-state index in [2.05, 4.69) is 30.9 Å². The van der Waals surface area contributed by atoms with Crippen LogP contribution in [0.25, 0.3) is 0 Å². The summed E-state index contributed by atoms with van der Waals surface area (Å²) in [6, 6.07) is -4.14. The minimum Gasteiger partial charge on any atom is -0.480 e. The second-order valence-electron chi connectivity index (χ2n) is 8.81. The van der Waals surface area contributed by atoms with Crippen LogP contribution in [0.15, 0.2) is 17.5 Å². The van der Waals surface area contributed by atoms with Crippen LogP contribution in [0.2, 0.25) is 0 Å². The summed E-state index contributed by atoms with van der Waals surface area (Å²) in [5, 5.41) is 17.2. The fourth-order valence-electron chi connectivity index (χ4n) is 3.29. The Morgan fingerprint density at radius 1 is 1.08 bits per heavy atom. The van der Waals surface area contributed by atoms with Gasteiger partial charge in [-0.25, -0.2) is 9.78 Å². The van der Waals surface area contributed by atoms with Gasteiger partial charge in [0.1, 0.15) is 18.1 Å². The molecule has 0 fully saturated rings. The number of amides is 3. The Balaban J connectivity index is 3.07. The number of imidazole rings is 1. The monoisotopic (exact) mass is 541 g/mol. The zero-order valence-electron chi connectivity index (χ0n) is 21.4. The van der Waals surface area contributed by atoms with Gasteiger partial charge in [-0.05, 0) is 37.2 Å². The van der Waals surface area contributed by atoms with Gasteiger partial charge in [0.25, 0.3) is 0 Å². The van der Waals surface area contributed by atoms with Gasteiger partial charge < -0.3 is 43.2 Å². The Morgan fingerprint density at radius 3 is 2.27 bits per heavy atom. The van der Waals surface area contributed by atoms with Gasteiger partial charge >= 0.3 is 5.97 Å². The summed E-state index contributed by atoms with van der Waals surface area (Å²) in [6.07, 6.45) is 5.78. The van der Waals surface area contributed by atoms with Crippen molar-refractivity contribution in [3.63, 3.8) is 0 Å². The fraction of sp³-hybridized carbons (Fsp3) is 0.636. The Bertz CT molecular complexity index is 906. The third kappa shape index (κ3) is 12.0. The number of aliphatic imine (C=N–C) groups is 1. The Hall–Kier alpha value is -3.33. The first kappa shape index (κ1) is 31.7. The maximum Gasteiger partial charge on any atom is 0.326 e. The lowest BCUT2D eigenvalue weighted by Gasteiger charge is -2.26. The number of carboxylic acids is 1. The zero-order valence-corrected chi connectivity index (χ0v) is 22.2. The van der Waals surface area contributed by atoms with Crippen molar-refractivity contribution in [1.82, 2.24) is 25.9 Å². The topological polar surface area (TPSA) is 244 Å². The molecule has 1 heterocycles. The number of nitrogens with one attached hydrogen (secondary N) is 4. The number of nitrogens with two attached hydrogens (primary N) is 3. The first-order valence-electron chi connectivity index (χ1n) is 11.9. The van der Waals surface area contributed by atoms with Crippen LogP contribution < -0.4 is 33.2 Å². The molecule has 11 N–H and O–H groups in total. The Labute approximate surface area is 220 Å². The van der Waals surface area contributed by atoms with Gasteiger partial charge in [0.05, 0.1) is 12.4 Å². The number of hydrogen-bond acceptors (Lipinski definition) is 8. The smallest absolute Gasteiger partial charge is 0.326 e. The molecule has 0 bridgehead atoms. The van der Waals surface area contributed by atoms with Crippen LogP contribution in [0.5, 0.6) is 0 Å². The van der Waals surface area contributed by atoms with E-state index >= 15 is 0 Å². The average molecular weight is 542 g/mol. The molecule has 37 heavy (non-hydrogen) atoms. The number of carbonyl (C=O) groups excluding carboxylic acids is 3. The molecule has 4 atom stereocenters. The van der Waals surface area contributed by atoms with Crippen LogP contribution in [-0.4, -0.2) is 87.4 Å². The van der Waals surface area contributed by atoms with E-state index in [1.165, 1.54) is 12.5 Å². The lowest BCUT2D eigenvalue weighted by Crippen LogP contribution is -2.58. The largest absolute Gasteiger partial charge is 0.480 e. The fourth-order valence-corrected chi connectivity index (χ4v) is 3.78. The maximum atomic E-state index is 13.3. The molecule has 0 aliphatic carbocycles. The summed E-state index contributed by atoms with van der Waals surface area (Å²) >= 11 is 1.54. The predicted octanol–water partition coefficient (Wildman–Crippen LogP) is -1.72. The summed E-state index contributed by atoms with van der Waals surface area (Å²) in [7, 11) is 0. The molecule has 3 amide bonds. The van der Waals surface area contributed by atoms with Gasteiger partial charge in [-0.1, -0.05) is 13.8 Å². The normalized spacial score (nSPS) is 14.2. The van der Waals surface area contributed by atoms with Crippen molar-refractivity contribution in [3.8, 4) is 0 Å². The van der Waals surface area contributed by atoms with Crippen molar-refractivity contribution in [1.29, 1.82) is 0 Å². The highest BCUT2D eigenvalue weighted by atomic mass is 32.2. The number of nitrogens with zero attached hydrogens (tertiary/aromatic N) is 2. The number of aromatic nitrogens is 2. The van der Waals surface area contributed by atoms with Crippen LogP contribution in [0.4, 0.5) is 0 Å². The van der Waals surface area contributed by atoms with Gasteiger partial charge in [-0.3, -0.25) is 19.4 Å². The molecule has 0 aromatic carbocycles. The number of aliphatic carboxylic acids is 1. The molecule has 0 saturated carbocycles. The van der Waals surface area contributed by atoms with Crippen LogP contribution in [0.1, 0.15) is 38.8 Å². The number of guanidine groups is 1. The molecule has 0 saturated heterocycles. The minimum atomic E-state index is -1.20. The molecule has 208 valence electrons. The quantitative estimate of drug-likeness (QED) is 0.0629. The molecule has 4 unspecified atom stereocenters. The summed E-state index contributed by atoms with van der Waals surface area (Å²) < 4.78 is 0. The van der Waals surface area contributed by atoms with E-state index < -0.39 is 53.8 Å². The zero-order chi connectivity index (χ0) is 28.0. The summed E-state index contributed by atoms with van der Waals surface area (Å²) in [6.45, 7) is 3.54. The first-order valence-corrected chi connectivity index (χ1v) is 13.3. The second-order valence-corrected chi connectivity index (χ2v) is 9.79. The summed E-state index contributed by atoms with van der Waals surface area (Å²) in [5.41, 5.74) is 17.2. The molecule has 0 spiro atoms. The maximum absolute atomic E-state index is 13.3. The Kier molecular flexibility index (Phi) is 14.1. The van der Waals surface area contributed by atoms with Crippen LogP contribution >= 0.6 is 11.8 Å². The minimum absolute atomic E-state index is 0.0178. The number of carboxylic acid groups (broad SMARTS) is 1. The lowest BCUT2D eigenvalue weighted by atomic mass is 10.0. The summed E-state index contributed by atoms with van der Waals surface area (Å²) in [5.74, 6) is -2.84. The molecule has 1 rings (SSSR count). The Morgan fingerprint density at radius 2 is 1.73 bits per heavy atom. The van der Waals surface area contributed by atoms with Crippen molar-refractivity contribution in [3.05, 3.63) is 18.2 Å².